The monoisotopic (exact) mass is 301 g/mol. The van der Waals surface area contributed by atoms with E-state index in [9.17, 15) is 9.59 Å². The molecule has 2 aromatic rings. The van der Waals surface area contributed by atoms with Gasteiger partial charge in [0.15, 0.2) is 5.13 Å². The Balaban J connectivity index is 1.79. The van der Waals surface area contributed by atoms with Crippen molar-refractivity contribution in [2.75, 3.05) is 11.9 Å². The normalized spacial score (nSPS) is 14.0. The van der Waals surface area contributed by atoms with E-state index in [0.29, 0.717) is 22.1 Å². The molecule has 0 atom stereocenters. The van der Waals surface area contributed by atoms with Crippen LogP contribution in [-0.2, 0) is 6.42 Å². The molecule has 0 aliphatic carbocycles. The van der Waals surface area contributed by atoms with E-state index in [1.54, 1.807) is 12.1 Å². The quantitative estimate of drug-likeness (QED) is 0.894. The summed E-state index contributed by atoms with van der Waals surface area (Å²) in [6.07, 6.45) is 1.62. The number of carbonyl (C=O) groups is 2. The Hall–Kier alpha value is -2.21. The molecule has 108 valence electrons. The first-order chi connectivity index (χ1) is 10.1. The Bertz CT molecular complexity index is 691. The SMILES string of the molecule is Cc1ccc(C(=O)Nc2nc3c(s2)C(=O)NCCC3)cc1. The fraction of sp³-hybridized carbons (Fsp3) is 0.267. The van der Waals surface area contributed by atoms with Gasteiger partial charge in [0.25, 0.3) is 11.8 Å². The van der Waals surface area contributed by atoms with Crippen LogP contribution in [0.3, 0.4) is 0 Å². The van der Waals surface area contributed by atoms with Crippen LogP contribution in [0.25, 0.3) is 0 Å². The molecule has 3 rings (SSSR count). The van der Waals surface area contributed by atoms with Gasteiger partial charge in [-0.25, -0.2) is 4.98 Å². The van der Waals surface area contributed by atoms with Crippen LogP contribution in [-0.4, -0.2) is 23.3 Å². The summed E-state index contributed by atoms with van der Waals surface area (Å²) >= 11 is 1.23. The summed E-state index contributed by atoms with van der Waals surface area (Å²) in [5.74, 6) is -0.310. The summed E-state index contributed by atoms with van der Waals surface area (Å²) in [5, 5.41) is 6.06. The third-order valence-corrected chi connectivity index (χ3v) is 4.33. The van der Waals surface area contributed by atoms with Crippen molar-refractivity contribution in [3.8, 4) is 0 Å². The second-order valence-electron chi connectivity index (χ2n) is 4.97. The van der Waals surface area contributed by atoms with E-state index in [1.807, 2.05) is 19.1 Å². The molecule has 1 aromatic carbocycles. The summed E-state index contributed by atoms with van der Waals surface area (Å²) in [4.78, 5) is 29.0. The van der Waals surface area contributed by atoms with Gasteiger partial charge >= 0.3 is 0 Å². The molecule has 1 aromatic heterocycles. The van der Waals surface area contributed by atoms with Gasteiger partial charge in [0.05, 0.1) is 5.69 Å². The minimum Gasteiger partial charge on any atom is -0.351 e. The lowest BCUT2D eigenvalue weighted by Gasteiger charge is -2.02. The van der Waals surface area contributed by atoms with Crippen molar-refractivity contribution in [1.82, 2.24) is 10.3 Å². The maximum atomic E-state index is 12.1. The zero-order valence-corrected chi connectivity index (χ0v) is 12.4. The number of nitrogens with zero attached hydrogens (tertiary/aromatic N) is 1. The van der Waals surface area contributed by atoms with Crippen LogP contribution in [0.15, 0.2) is 24.3 Å². The zero-order valence-electron chi connectivity index (χ0n) is 11.6. The molecule has 2 amide bonds. The topological polar surface area (TPSA) is 71.1 Å². The van der Waals surface area contributed by atoms with E-state index < -0.39 is 0 Å². The maximum Gasteiger partial charge on any atom is 0.263 e. The Morgan fingerprint density at radius 3 is 2.86 bits per heavy atom. The number of benzene rings is 1. The van der Waals surface area contributed by atoms with E-state index >= 15 is 0 Å². The molecule has 21 heavy (non-hydrogen) atoms. The van der Waals surface area contributed by atoms with Gasteiger partial charge in [0, 0.05) is 12.1 Å². The summed E-state index contributed by atoms with van der Waals surface area (Å²) in [6, 6.07) is 7.32. The first-order valence-electron chi connectivity index (χ1n) is 6.79. The number of anilines is 1. The van der Waals surface area contributed by atoms with E-state index in [0.717, 1.165) is 24.1 Å². The van der Waals surface area contributed by atoms with Crippen LogP contribution in [0.4, 0.5) is 5.13 Å². The smallest absolute Gasteiger partial charge is 0.263 e. The molecule has 0 bridgehead atoms. The van der Waals surface area contributed by atoms with Crippen molar-refractivity contribution in [3.05, 3.63) is 46.0 Å². The van der Waals surface area contributed by atoms with Crippen molar-refractivity contribution < 1.29 is 9.59 Å². The number of rotatable bonds is 2. The Morgan fingerprint density at radius 1 is 1.33 bits per heavy atom. The highest BCUT2D eigenvalue weighted by Crippen LogP contribution is 2.26. The molecule has 6 heteroatoms. The van der Waals surface area contributed by atoms with Crippen molar-refractivity contribution >= 4 is 28.3 Å². The number of aryl methyl sites for hydroxylation is 2. The molecule has 2 heterocycles. The number of fused-ring (bicyclic) bond motifs is 1. The third kappa shape index (κ3) is 2.95. The molecule has 1 aliphatic heterocycles. The van der Waals surface area contributed by atoms with Gasteiger partial charge in [0.1, 0.15) is 4.88 Å². The molecule has 1 aliphatic rings. The Labute approximate surface area is 126 Å². The summed E-state index contributed by atoms with van der Waals surface area (Å²) in [7, 11) is 0. The minimum absolute atomic E-state index is 0.101. The lowest BCUT2D eigenvalue weighted by atomic mass is 10.1. The van der Waals surface area contributed by atoms with Crippen LogP contribution in [0, 0.1) is 6.92 Å². The Morgan fingerprint density at radius 2 is 2.10 bits per heavy atom. The lowest BCUT2D eigenvalue weighted by molar-refractivity contribution is 0.0958. The van der Waals surface area contributed by atoms with Gasteiger partial charge < -0.3 is 5.32 Å². The first-order valence-corrected chi connectivity index (χ1v) is 7.61. The predicted molar refractivity (Wildman–Crippen MR) is 81.9 cm³/mol. The van der Waals surface area contributed by atoms with Gasteiger partial charge in [-0.1, -0.05) is 29.0 Å². The highest BCUT2D eigenvalue weighted by atomic mass is 32.1. The number of thiazole rings is 1. The number of nitrogens with one attached hydrogen (secondary N) is 2. The summed E-state index contributed by atoms with van der Waals surface area (Å²) in [5.41, 5.74) is 2.45. The standard InChI is InChI=1S/C15H15N3O2S/c1-9-4-6-10(7-5-9)13(19)18-15-17-11-3-2-8-16-14(20)12(11)21-15/h4-7H,2-3,8H2,1H3,(H,16,20)(H,17,18,19). The zero-order chi connectivity index (χ0) is 14.8. The average molecular weight is 301 g/mol. The van der Waals surface area contributed by atoms with Crippen LogP contribution in [0.2, 0.25) is 0 Å². The van der Waals surface area contributed by atoms with Crippen LogP contribution in [0.5, 0.6) is 0 Å². The predicted octanol–water partition coefficient (Wildman–Crippen LogP) is 2.38. The highest BCUT2D eigenvalue weighted by Gasteiger charge is 2.21. The molecule has 0 unspecified atom stereocenters. The largest absolute Gasteiger partial charge is 0.351 e. The number of hydrogen-bond donors (Lipinski definition) is 2. The number of carbonyl (C=O) groups excluding carboxylic acids is 2. The molecule has 2 N–H and O–H groups in total. The summed E-state index contributed by atoms with van der Waals surface area (Å²) < 4.78 is 0. The molecule has 0 radical (unpaired) electrons. The van der Waals surface area contributed by atoms with E-state index in [1.165, 1.54) is 11.3 Å². The van der Waals surface area contributed by atoms with E-state index in [2.05, 4.69) is 15.6 Å². The second-order valence-corrected chi connectivity index (χ2v) is 5.97. The molecule has 0 fully saturated rings. The molecular weight excluding hydrogens is 286 g/mol. The number of amides is 2. The van der Waals surface area contributed by atoms with Crippen LogP contribution >= 0.6 is 11.3 Å². The molecule has 5 nitrogen and oxygen atoms in total. The van der Waals surface area contributed by atoms with Crippen LogP contribution < -0.4 is 10.6 Å². The van der Waals surface area contributed by atoms with Crippen molar-refractivity contribution in [1.29, 1.82) is 0 Å². The number of hydrogen-bond acceptors (Lipinski definition) is 4. The van der Waals surface area contributed by atoms with Crippen molar-refractivity contribution in [2.24, 2.45) is 0 Å². The van der Waals surface area contributed by atoms with Crippen molar-refractivity contribution in [2.45, 2.75) is 19.8 Å². The van der Waals surface area contributed by atoms with Gasteiger partial charge in [-0.15, -0.1) is 0 Å². The highest BCUT2D eigenvalue weighted by molar-refractivity contribution is 7.17. The van der Waals surface area contributed by atoms with E-state index in [-0.39, 0.29) is 11.8 Å². The van der Waals surface area contributed by atoms with E-state index in [4.69, 9.17) is 0 Å². The maximum absolute atomic E-state index is 12.1. The third-order valence-electron chi connectivity index (χ3n) is 3.31. The van der Waals surface area contributed by atoms with Gasteiger partial charge in [-0.2, -0.15) is 0 Å². The van der Waals surface area contributed by atoms with Gasteiger partial charge in [0.2, 0.25) is 0 Å². The van der Waals surface area contributed by atoms with Crippen LogP contribution in [0.1, 0.15) is 37.7 Å². The first kappa shape index (κ1) is 13.8. The average Bonchev–Trinajstić information content (AvgIpc) is 2.79. The molecule has 0 spiro atoms. The van der Waals surface area contributed by atoms with Gasteiger partial charge in [-0.3, -0.25) is 14.9 Å². The molecular formula is C15H15N3O2S. The fourth-order valence-electron chi connectivity index (χ4n) is 2.16. The Kier molecular flexibility index (Phi) is 3.70. The lowest BCUT2D eigenvalue weighted by Crippen LogP contribution is -2.21. The molecule has 0 saturated carbocycles. The van der Waals surface area contributed by atoms with Gasteiger partial charge in [-0.05, 0) is 31.9 Å². The minimum atomic E-state index is -0.209. The van der Waals surface area contributed by atoms with Crippen molar-refractivity contribution in [3.63, 3.8) is 0 Å². The fourth-order valence-corrected chi connectivity index (χ4v) is 3.09. The number of aromatic nitrogens is 1. The summed E-state index contributed by atoms with van der Waals surface area (Å²) in [6.45, 7) is 2.64. The molecule has 0 saturated heterocycles. The second kappa shape index (κ2) is 5.65.